The van der Waals surface area contributed by atoms with E-state index in [-0.39, 0.29) is 6.10 Å². The Bertz CT molecular complexity index is 407. The van der Waals surface area contributed by atoms with Crippen molar-refractivity contribution in [3.05, 3.63) is 35.4 Å². The summed E-state index contributed by atoms with van der Waals surface area (Å²) in [5, 5.41) is 4.07. The first-order valence-electron chi connectivity index (χ1n) is 7.58. The van der Waals surface area contributed by atoms with Crippen LogP contribution < -0.4 is 0 Å². The molecule has 0 aliphatic heterocycles. The van der Waals surface area contributed by atoms with E-state index in [1.165, 1.54) is 37.7 Å². The highest BCUT2D eigenvalue weighted by Gasteiger charge is 2.15. The molecule has 0 N–H and O–H groups in total. The minimum absolute atomic E-state index is 0.192. The molecule has 104 valence electrons. The first kappa shape index (κ1) is 14.1. The van der Waals surface area contributed by atoms with E-state index in [1.807, 2.05) is 13.1 Å². The Labute approximate surface area is 116 Å². The molecule has 0 saturated heterocycles. The van der Waals surface area contributed by atoms with Crippen LogP contribution in [0.15, 0.2) is 29.4 Å². The Kier molecular flexibility index (Phi) is 5.44. The first-order valence-corrected chi connectivity index (χ1v) is 7.58. The minimum Gasteiger partial charge on any atom is -0.393 e. The predicted octanol–water partition coefficient (Wildman–Crippen LogP) is 4.88. The summed E-state index contributed by atoms with van der Waals surface area (Å²) in [5.41, 5.74) is 2.61. The van der Waals surface area contributed by atoms with Crippen molar-refractivity contribution in [1.82, 2.24) is 0 Å². The summed E-state index contributed by atoms with van der Waals surface area (Å²) in [5.74, 6) is 0.748. The zero-order valence-corrected chi connectivity index (χ0v) is 12.1. The minimum atomic E-state index is 0.192. The van der Waals surface area contributed by atoms with Gasteiger partial charge in [-0.25, -0.2) is 0 Å². The molecule has 0 amide bonds. The Balaban J connectivity index is 1.98. The first-order chi connectivity index (χ1) is 9.29. The van der Waals surface area contributed by atoms with E-state index >= 15 is 0 Å². The highest BCUT2D eigenvalue weighted by molar-refractivity contribution is 5.79. The van der Waals surface area contributed by atoms with Crippen LogP contribution in [-0.2, 0) is 4.84 Å². The van der Waals surface area contributed by atoms with Crippen LogP contribution in [0.3, 0.4) is 0 Å². The molecular weight excluding hydrogens is 234 g/mol. The fourth-order valence-corrected chi connectivity index (χ4v) is 2.60. The van der Waals surface area contributed by atoms with Gasteiger partial charge in [0.05, 0.1) is 6.21 Å². The normalized spacial score (nSPS) is 18.6. The van der Waals surface area contributed by atoms with Gasteiger partial charge in [-0.2, -0.15) is 0 Å². The zero-order valence-electron chi connectivity index (χ0n) is 12.1. The van der Waals surface area contributed by atoms with Crippen molar-refractivity contribution in [2.45, 2.75) is 64.4 Å². The third kappa shape index (κ3) is 4.38. The number of hydrogen-bond acceptors (Lipinski definition) is 2. The number of oxime groups is 1. The fraction of sp³-hybridized carbons (Fsp3) is 0.588. The molecule has 0 spiro atoms. The molecule has 0 heterocycles. The average Bonchev–Trinajstić information content (AvgIpc) is 2.48. The highest BCUT2D eigenvalue weighted by atomic mass is 16.6. The summed E-state index contributed by atoms with van der Waals surface area (Å²) in [7, 11) is 0. The maximum atomic E-state index is 5.35. The van der Waals surface area contributed by atoms with Crippen molar-refractivity contribution in [3.63, 3.8) is 0 Å². The van der Waals surface area contributed by atoms with Crippen LogP contribution in [-0.4, -0.2) is 12.3 Å². The third-order valence-electron chi connectivity index (χ3n) is 4.00. The molecule has 1 fully saturated rings. The summed E-state index contributed by atoms with van der Waals surface area (Å²) in [6.07, 6.45) is 9.84. The van der Waals surface area contributed by atoms with Crippen molar-refractivity contribution >= 4 is 6.21 Å². The smallest absolute Gasteiger partial charge is 0.124 e. The zero-order chi connectivity index (χ0) is 13.5. The van der Waals surface area contributed by atoms with E-state index in [1.54, 1.807) is 0 Å². The van der Waals surface area contributed by atoms with E-state index in [0.717, 1.165) is 17.9 Å². The van der Waals surface area contributed by atoms with Crippen LogP contribution in [0.2, 0.25) is 0 Å². The SMILES string of the molecule is CCC(C)ON=Cc1cccc(C2CCCCC2)c1. The van der Waals surface area contributed by atoms with Gasteiger partial charge in [0.15, 0.2) is 0 Å². The molecule has 19 heavy (non-hydrogen) atoms. The van der Waals surface area contributed by atoms with Gasteiger partial charge < -0.3 is 4.84 Å². The van der Waals surface area contributed by atoms with Gasteiger partial charge in [0.2, 0.25) is 0 Å². The summed E-state index contributed by atoms with van der Waals surface area (Å²) < 4.78 is 0. The lowest BCUT2D eigenvalue weighted by atomic mass is 9.84. The summed E-state index contributed by atoms with van der Waals surface area (Å²) in [4.78, 5) is 5.35. The lowest BCUT2D eigenvalue weighted by molar-refractivity contribution is 0.0712. The third-order valence-corrected chi connectivity index (χ3v) is 4.00. The molecule has 1 aromatic rings. The molecule has 0 bridgehead atoms. The monoisotopic (exact) mass is 259 g/mol. The number of hydrogen-bond donors (Lipinski definition) is 0. The number of benzene rings is 1. The van der Waals surface area contributed by atoms with Crippen molar-refractivity contribution in [2.75, 3.05) is 0 Å². The molecule has 2 rings (SSSR count). The predicted molar refractivity (Wildman–Crippen MR) is 80.7 cm³/mol. The Morgan fingerprint density at radius 3 is 2.84 bits per heavy atom. The summed E-state index contributed by atoms with van der Waals surface area (Å²) >= 11 is 0. The molecule has 2 nitrogen and oxygen atoms in total. The van der Waals surface area contributed by atoms with Gasteiger partial charge in [-0.15, -0.1) is 0 Å². The topological polar surface area (TPSA) is 21.6 Å². The summed E-state index contributed by atoms with van der Waals surface area (Å²) in [6.45, 7) is 4.14. The van der Waals surface area contributed by atoms with Crippen molar-refractivity contribution in [2.24, 2.45) is 5.16 Å². The van der Waals surface area contributed by atoms with Crippen molar-refractivity contribution in [3.8, 4) is 0 Å². The van der Waals surface area contributed by atoms with Crippen LogP contribution in [0.1, 0.15) is 69.4 Å². The fourth-order valence-electron chi connectivity index (χ4n) is 2.60. The Morgan fingerprint density at radius 1 is 1.32 bits per heavy atom. The average molecular weight is 259 g/mol. The van der Waals surface area contributed by atoms with E-state index in [4.69, 9.17) is 4.84 Å². The number of nitrogens with zero attached hydrogens (tertiary/aromatic N) is 1. The molecule has 1 unspecified atom stereocenters. The second-order valence-corrected chi connectivity index (χ2v) is 5.56. The van der Waals surface area contributed by atoms with E-state index in [2.05, 4.69) is 36.3 Å². The van der Waals surface area contributed by atoms with E-state index in [9.17, 15) is 0 Å². The molecule has 1 aliphatic rings. The van der Waals surface area contributed by atoms with Gasteiger partial charge in [0.25, 0.3) is 0 Å². The van der Waals surface area contributed by atoms with Crippen LogP contribution in [0.5, 0.6) is 0 Å². The highest BCUT2D eigenvalue weighted by Crippen LogP contribution is 2.32. The molecule has 1 aliphatic carbocycles. The lowest BCUT2D eigenvalue weighted by Crippen LogP contribution is -2.05. The van der Waals surface area contributed by atoms with Crippen LogP contribution >= 0.6 is 0 Å². The van der Waals surface area contributed by atoms with Crippen molar-refractivity contribution in [1.29, 1.82) is 0 Å². The van der Waals surface area contributed by atoms with Crippen molar-refractivity contribution < 1.29 is 4.84 Å². The van der Waals surface area contributed by atoms with E-state index in [0.29, 0.717) is 0 Å². The Hall–Kier alpha value is -1.31. The quantitative estimate of drug-likeness (QED) is 0.545. The van der Waals surface area contributed by atoms with Crippen LogP contribution in [0.4, 0.5) is 0 Å². The second kappa shape index (κ2) is 7.32. The lowest BCUT2D eigenvalue weighted by Gasteiger charge is -2.22. The van der Waals surface area contributed by atoms with Crippen LogP contribution in [0, 0.1) is 0 Å². The van der Waals surface area contributed by atoms with Gasteiger partial charge in [0.1, 0.15) is 6.10 Å². The molecule has 1 aromatic carbocycles. The van der Waals surface area contributed by atoms with Gasteiger partial charge >= 0.3 is 0 Å². The van der Waals surface area contributed by atoms with Gasteiger partial charge in [-0.3, -0.25) is 0 Å². The largest absolute Gasteiger partial charge is 0.393 e. The second-order valence-electron chi connectivity index (χ2n) is 5.56. The van der Waals surface area contributed by atoms with Crippen LogP contribution in [0.25, 0.3) is 0 Å². The molecule has 0 radical (unpaired) electrons. The maximum Gasteiger partial charge on any atom is 0.124 e. The van der Waals surface area contributed by atoms with E-state index < -0.39 is 0 Å². The standard InChI is InChI=1S/C17H25NO/c1-3-14(2)19-18-13-15-8-7-11-17(12-15)16-9-5-4-6-10-16/h7-8,11-14,16H,3-6,9-10H2,1-2H3. The maximum absolute atomic E-state index is 5.35. The van der Waals surface area contributed by atoms with Gasteiger partial charge in [-0.05, 0) is 49.3 Å². The van der Waals surface area contributed by atoms with Gasteiger partial charge in [0, 0.05) is 0 Å². The molecular formula is C17H25NO. The molecule has 1 saturated carbocycles. The number of rotatable bonds is 5. The molecule has 0 aromatic heterocycles. The summed E-state index contributed by atoms with van der Waals surface area (Å²) in [6, 6.07) is 8.74. The Morgan fingerprint density at radius 2 is 2.11 bits per heavy atom. The molecule has 2 heteroatoms. The van der Waals surface area contributed by atoms with Gasteiger partial charge in [-0.1, -0.05) is 49.5 Å². The molecule has 1 atom stereocenters.